The molecule has 1 unspecified atom stereocenters. The summed E-state index contributed by atoms with van der Waals surface area (Å²) in [5.74, 6) is 2.18. The molecule has 0 saturated carbocycles. The summed E-state index contributed by atoms with van der Waals surface area (Å²) < 4.78 is 0. The van der Waals surface area contributed by atoms with Crippen LogP contribution in [0.1, 0.15) is 53.8 Å². The zero-order valence-electron chi connectivity index (χ0n) is 29.6. The van der Waals surface area contributed by atoms with Crippen molar-refractivity contribution in [2.75, 3.05) is 79.9 Å². The van der Waals surface area contributed by atoms with Gasteiger partial charge in [-0.25, -0.2) is 9.97 Å². The normalized spacial score (nSPS) is 20.1. The number of aldehydes is 1. The number of imide groups is 1. The first-order chi connectivity index (χ1) is 25.2. The van der Waals surface area contributed by atoms with E-state index in [-0.39, 0.29) is 42.5 Å². The average Bonchev–Trinajstić information content (AvgIpc) is 3.37. The molecule has 15 nitrogen and oxygen atoms in total. The quantitative estimate of drug-likeness (QED) is 0.102. The molecule has 2 aromatic rings. The summed E-state index contributed by atoms with van der Waals surface area (Å²) in [4.78, 5) is 85.2. The molecule has 1 atom stereocenters. The first-order valence-corrected chi connectivity index (χ1v) is 18.8. The topological polar surface area (TPSA) is 164 Å². The number of aryl methyl sites for hydroxylation is 1. The third kappa shape index (κ3) is 9.14. The Kier molecular flexibility index (Phi) is 12.2. The van der Waals surface area contributed by atoms with Crippen LogP contribution in [0.5, 0.6) is 0 Å². The molecule has 4 aliphatic rings. The third-order valence-electron chi connectivity index (χ3n) is 9.98. The van der Waals surface area contributed by atoms with Gasteiger partial charge >= 0.3 is 0 Å². The largest absolute Gasteiger partial charge is 0.368 e. The minimum Gasteiger partial charge on any atom is -0.368 e. The Bertz CT molecular complexity index is 1720. The van der Waals surface area contributed by atoms with Crippen LogP contribution in [-0.4, -0.2) is 132 Å². The van der Waals surface area contributed by atoms with Crippen molar-refractivity contribution in [3.8, 4) is 0 Å². The number of anilines is 3. The maximum Gasteiger partial charge on any atom is 0.254 e. The summed E-state index contributed by atoms with van der Waals surface area (Å²) >= 11 is 1.33. The number of piperazine rings is 2. The number of fused-ring (bicyclic) bond motifs is 1. The number of amides is 4. The Hall–Kier alpha value is -4.83. The van der Waals surface area contributed by atoms with Crippen LogP contribution in [0.3, 0.4) is 0 Å². The van der Waals surface area contributed by atoms with E-state index in [2.05, 4.69) is 53.1 Å². The van der Waals surface area contributed by atoms with E-state index in [1.54, 1.807) is 4.90 Å². The first-order valence-electron chi connectivity index (χ1n) is 17.8. The fourth-order valence-corrected chi connectivity index (χ4v) is 7.79. The summed E-state index contributed by atoms with van der Waals surface area (Å²) in [6, 6.07) is 7.53. The molecule has 4 amide bonds. The molecular formula is C36H46N10O5S. The summed E-state index contributed by atoms with van der Waals surface area (Å²) in [5, 5.41) is 5.61. The van der Waals surface area contributed by atoms with Gasteiger partial charge in [-0.05, 0) is 56.8 Å². The molecule has 4 aliphatic heterocycles. The van der Waals surface area contributed by atoms with Crippen LogP contribution >= 0.6 is 11.8 Å². The molecule has 1 aromatic heterocycles. The lowest BCUT2D eigenvalue weighted by molar-refractivity contribution is -0.132. The Labute approximate surface area is 307 Å². The van der Waals surface area contributed by atoms with Gasteiger partial charge < -0.3 is 24.9 Å². The predicted molar refractivity (Wildman–Crippen MR) is 200 cm³/mol. The standard InChI is InChI=1S/C36H46N10O5S/c1-25-39-31(38-24-52-29(23-47)21-37-2)20-32(40-25)44-12-10-42(11-13-44)9-3-4-35(50)45-16-14-43(15-17-45)27-5-7-30-26(18-27)22-46(36(30)51)28-6-8-33(48)41-34(49)19-28/h5,7,18,20-21,23,28H,2-4,6,8-17,19,22,24H2,1H3,(H,38,39,40)(H,41,48,49)/b29-21-. The summed E-state index contributed by atoms with van der Waals surface area (Å²) in [5.41, 5.74) is 2.61. The van der Waals surface area contributed by atoms with E-state index in [9.17, 15) is 24.0 Å². The number of thioether (sulfide) groups is 1. The van der Waals surface area contributed by atoms with Crippen molar-refractivity contribution in [2.45, 2.75) is 51.6 Å². The van der Waals surface area contributed by atoms with E-state index >= 15 is 0 Å². The van der Waals surface area contributed by atoms with Crippen molar-refractivity contribution in [1.82, 2.24) is 30.0 Å². The number of benzene rings is 1. The van der Waals surface area contributed by atoms with Gasteiger partial charge in [-0.1, -0.05) is 11.8 Å². The lowest BCUT2D eigenvalue weighted by Crippen LogP contribution is -2.49. The predicted octanol–water partition coefficient (Wildman–Crippen LogP) is 2.03. The number of nitrogens with zero attached hydrogens (tertiary/aromatic N) is 8. The molecule has 3 saturated heterocycles. The Morgan fingerprint density at radius 1 is 1.04 bits per heavy atom. The van der Waals surface area contributed by atoms with Crippen molar-refractivity contribution in [1.29, 1.82) is 0 Å². The zero-order chi connectivity index (χ0) is 36.6. The molecule has 5 heterocycles. The van der Waals surface area contributed by atoms with Crippen LogP contribution < -0.4 is 20.4 Å². The van der Waals surface area contributed by atoms with Crippen LogP contribution in [0, 0.1) is 6.92 Å². The first kappa shape index (κ1) is 36.9. The van der Waals surface area contributed by atoms with Gasteiger partial charge in [0.15, 0.2) is 6.29 Å². The number of carbonyl (C=O) groups is 5. The molecule has 6 rings (SSSR count). The van der Waals surface area contributed by atoms with Gasteiger partial charge in [-0.15, -0.1) is 0 Å². The van der Waals surface area contributed by atoms with Gasteiger partial charge in [-0.3, -0.25) is 39.2 Å². The van der Waals surface area contributed by atoms with Crippen LogP contribution in [0.25, 0.3) is 0 Å². The van der Waals surface area contributed by atoms with E-state index in [0.717, 1.165) is 75.6 Å². The van der Waals surface area contributed by atoms with Crippen LogP contribution in [0.2, 0.25) is 0 Å². The second-order valence-electron chi connectivity index (χ2n) is 13.4. The van der Waals surface area contributed by atoms with E-state index in [4.69, 9.17) is 0 Å². The summed E-state index contributed by atoms with van der Waals surface area (Å²) in [7, 11) is 0. The van der Waals surface area contributed by atoms with Gasteiger partial charge in [0, 0.05) is 108 Å². The van der Waals surface area contributed by atoms with E-state index in [1.807, 2.05) is 30.0 Å². The molecule has 2 N–H and O–H groups in total. The number of nitrogens with one attached hydrogen (secondary N) is 2. The van der Waals surface area contributed by atoms with Crippen molar-refractivity contribution in [3.05, 3.63) is 52.3 Å². The highest BCUT2D eigenvalue weighted by molar-refractivity contribution is 8.03. The van der Waals surface area contributed by atoms with Gasteiger partial charge in [-0.2, -0.15) is 0 Å². The molecule has 0 aliphatic carbocycles. The second-order valence-corrected chi connectivity index (χ2v) is 14.4. The van der Waals surface area contributed by atoms with Gasteiger partial charge in [0.25, 0.3) is 5.91 Å². The van der Waals surface area contributed by atoms with Crippen LogP contribution in [-0.2, 0) is 25.7 Å². The van der Waals surface area contributed by atoms with Crippen LogP contribution in [0.4, 0.5) is 17.3 Å². The zero-order valence-corrected chi connectivity index (χ0v) is 30.4. The number of allylic oxidation sites excluding steroid dienone is 1. The number of hydrogen-bond donors (Lipinski definition) is 2. The van der Waals surface area contributed by atoms with Crippen molar-refractivity contribution < 1.29 is 24.0 Å². The molecular weight excluding hydrogens is 685 g/mol. The fraction of sp³-hybridized carbons (Fsp3) is 0.500. The third-order valence-corrected chi connectivity index (χ3v) is 10.8. The Morgan fingerprint density at radius 3 is 2.56 bits per heavy atom. The van der Waals surface area contributed by atoms with Crippen molar-refractivity contribution >= 4 is 65.7 Å². The van der Waals surface area contributed by atoms with E-state index < -0.39 is 0 Å². The minimum absolute atomic E-state index is 0.0908. The fourth-order valence-electron chi connectivity index (χ4n) is 7.19. The number of carbonyl (C=O) groups excluding carboxylic acids is 5. The molecule has 52 heavy (non-hydrogen) atoms. The molecule has 0 radical (unpaired) electrons. The number of aliphatic imine (C=N–C) groups is 1. The van der Waals surface area contributed by atoms with Crippen LogP contribution in [0.15, 0.2) is 40.4 Å². The van der Waals surface area contributed by atoms with E-state index in [1.165, 1.54) is 18.0 Å². The number of hydrogen-bond acceptors (Lipinski definition) is 13. The lowest BCUT2D eigenvalue weighted by atomic mass is 10.1. The lowest BCUT2D eigenvalue weighted by Gasteiger charge is -2.37. The molecule has 1 aromatic carbocycles. The maximum atomic E-state index is 13.2. The van der Waals surface area contributed by atoms with Gasteiger partial charge in [0.05, 0.1) is 10.8 Å². The maximum absolute atomic E-state index is 13.2. The molecule has 276 valence electrons. The highest BCUT2D eigenvalue weighted by Crippen LogP contribution is 2.31. The van der Waals surface area contributed by atoms with Gasteiger partial charge in [0.2, 0.25) is 17.7 Å². The minimum atomic E-state index is -0.333. The monoisotopic (exact) mass is 730 g/mol. The number of aromatic nitrogens is 2. The van der Waals surface area contributed by atoms with Crippen molar-refractivity contribution in [3.63, 3.8) is 0 Å². The number of rotatable bonds is 13. The highest BCUT2D eigenvalue weighted by atomic mass is 32.2. The van der Waals surface area contributed by atoms with Gasteiger partial charge in [0.1, 0.15) is 17.5 Å². The molecule has 0 bridgehead atoms. The second kappa shape index (κ2) is 17.1. The molecule has 3 fully saturated rings. The van der Waals surface area contributed by atoms with Crippen molar-refractivity contribution in [2.24, 2.45) is 4.99 Å². The average molecular weight is 731 g/mol. The Morgan fingerprint density at radius 2 is 1.81 bits per heavy atom. The summed E-state index contributed by atoms with van der Waals surface area (Å²) in [6.07, 6.45) is 4.34. The molecule has 16 heteroatoms. The Balaban J connectivity index is 0.906. The molecule has 0 spiro atoms. The highest BCUT2D eigenvalue weighted by Gasteiger charge is 2.36. The smallest absolute Gasteiger partial charge is 0.254 e. The SMILES string of the molecule is C=N/C=C(/C=O)SCNc1cc(N2CCN(CCCC(=O)N3CCN(c4ccc5c(c4)CN(C4CCC(=O)NC(=O)C4)C5=O)CC3)CC2)nc(C)n1. The van der Waals surface area contributed by atoms with E-state index in [0.29, 0.717) is 60.5 Å². The summed E-state index contributed by atoms with van der Waals surface area (Å²) in [6.45, 7) is 12.7.